The number of carbonyl (C=O) groups excluding carboxylic acids is 1. The molecule has 0 radical (unpaired) electrons. The third kappa shape index (κ3) is 1.95. The maximum absolute atomic E-state index is 11.5. The van der Waals surface area contributed by atoms with Gasteiger partial charge in [-0.3, -0.25) is 9.59 Å². The molecule has 1 saturated heterocycles. The van der Waals surface area contributed by atoms with Crippen LogP contribution in [0.3, 0.4) is 0 Å². The quantitative estimate of drug-likeness (QED) is 0.784. The van der Waals surface area contributed by atoms with Crippen LogP contribution in [0.25, 0.3) is 0 Å². The molecule has 2 rings (SSSR count). The van der Waals surface area contributed by atoms with E-state index < -0.39 is 0 Å². The number of carbonyl (C=O) groups is 1. The molecule has 0 bridgehead atoms. The maximum atomic E-state index is 11.5. The minimum Gasteiger partial charge on any atom is -0.469 e. The molecule has 1 aliphatic heterocycles. The van der Waals surface area contributed by atoms with Gasteiger partial charge in [0.25, 0.3) is 5.56 Å². The smallest absolute Gasteiger partial charge is 0.312 e. The Kier molecular flexibility index (Phi) is 2.95. The highest BCUT2D eigenvalue weighted by molar-refractivity contribution is 9.10. The molecule has 0 spiro atoms. The van der Waals surface area contributed by atoms with Gasteiger partial charge in [0.2, 0.25) is 0 Å². The lowest BCUT2D eigenvalue weighted by Crippen LogP contribution is -2.52. The van der Waals surface area contributed by atoms with Crippen LogP contribution in [0.1, 0.15) is 0 Å². The molecule has 0 saturated carbocycles. The molecule has 6 nitrogen and oxygen atoms in total. The van der Waals surface area contributed by atoms with E-state index in [1.807, 2.05) is 0 Å². The largest absolute Gasteiger partial charge is 0.469 e. The first kappa shape index (κ1) is 11.1. The normalized spacial score (nSPS) is 15.8. The lowest BCUT2D eigenvalue weighted by molar-refractivity contribution is -0.146. The van der Waals surface area contributed by atoms with Gasteiger partial charge < -0.3 is 14.6 Å². The molecule has 1 fully saturated rings. The molecule has 1 aromatic heterocycles. The molecule has 1 aromatic rings. The molecule has 0 unspecified atom stereocenters. The van der Waals surface area contributed by atoms with Crippen molar-refractivity contribution in [2.45, 2.75) is 0 Å². The Balaban J connectivity index is 2.09. The van der Waals surface area contributed by atoms with Gasteiger partial charge in [-0.05, 0) is 15.9 Å². The topological polar surface area (TPSA) is 75.3 Å². The first-order valence-corrected chi connectivity index (χ1v) is 5.49. The Labute approximate surface area is 99.8 Å². The second kappa shape index (κ2) is 4.25. The van der Waals surface area contributed by atoms with Crippen LogP contribution in [0.2, 0.25) is 0 Å². The highest BCUT2D eigenvalue weighted by Gasteiger charge is 2.35. The molecule has 1 aliphatic rings. The number of H-pyrrole nitrogens is 1. The predicted octanol–water partition coefficient (Wildman–Crippen LogP) is 0.142. The van der Waals surface area contributed by atoms with Crippen molar-refractivity contribution in [2.75, 3.05) is 25.1 Å². The van der Waals surface area contributed by atoms with Crippen molar-refractivity contribution in [1.29, 1.82) is 0 Å². The Bertz CT molecular complexity index is 467. The number of aromatic amines is 1. The lowest BCUT2D eigenvalue weighted by Gasteiger charge is -2.37. The summed E-state index contributed by atoms with van der Waals surface area (Å²) in [6, 6.07) is 0. The predicted molar refractivity (Wildman–Crippen MR) is 60.3 cm³/mol. The molecule has 86 valence electrons. The Morgan fingerprint density at radius 3 is 3.00 bits per heavy atom. The van der Waals surface area contributed by atoms with E-state index in [2.05, 4.69) is 30.6 Å². The van der Waals surface area contributed by atoms with Crippen LogP contribution in [-0.2, 0) is 9.53 Å². The number of nitrogens with one attached hydrogen (secondary N) is 1. The number of nitrogens with zero attached hydrogens (tertiary/aromatic N) is 2. The van der Waals surface area contributed by atoms with E-state index in [4.69, 9.17) is 0 Å². The molecule has 1 N–H and O–H groups in total. The Morgan fingerprint density at radius 1 is 1.69 bits per heavy atom. The summed E-state index contributed by atoms with van der Waals surface area (Å²) in [5.74, 6) is -0.0811. The van der Waals surface area contributed by atoms with Gasteiger partial charge in [0.05, 0.1) is 13.0 Å². The van der Waals surface area contributed by atoms with Gasteiger partial charge in [-0.15, -0.1) is 0 Å². The summed E-state index contributed by atoms with van der Waals surface area (Å²) >= 11 is 3.18. The molecule has 0 aliphatic carbocycles. The van der Waals surface area contributed by atoms with Gasteiger partial charge in [-0.2, -0.15) is 0 Å². The number of esters is 1. The van der Waals surface area contributed by atoms with Gasteiger partial charge in [0, 0.05) is 19.3 Å². The number of anilines is 1. The van der Waals surface area contributed by atoms with Crippen molar-refractivity contribution in [3.05, 3.63) is 21.2 Å². The number of hydrogen-bond acceptors (Lipinski definition) is 5. The maximum Gasteiger partial charge on any atom is 0.312 e. The number of rotatable bonds is 2. The summed E-state index contributed by atoms with van der Waals surface area (Å²) in [5.41, 5.74) is -0.258. The number of aromatic nitrogens is 2. The fourth-order valence-corrected chi connectivity index (χ4v) is 1.84. The molecule has 0 amide bonds. The third-order valence-corrected chi connectivity index (χ3v) is 2.86. The zero-order valence-corrected chi connectivity index (χ0v) is 10.2. The Morgan fingerprint density at radius 2 is 2.38 bits per heavy atom. The molecule has 0 atom stereocenters. The van der Waals surface area contributed by atoms with Crippen LogP contribution in [0.15, 0.2) is 15.6 Å². The molecular formula is C9H10BrN3O3. The third-order valence-electron chi connectivity index (χ3n) is 2.45. The van der Waals surface area contributed by atoms with Crippen LogP contribution in [0.5, 0.6) is 0 Å². The average Bonchev–Trinajstić information content (AvgIpc) is 2.20. The van der Waals surface area contributed by atoms with Crippen LogP contribution >= 0.6 is 15.9 Å². The summed E-state index contributed by atoms with van der Waals surface area (Å²) in [6.07, 6.45) is 1.48. The van der Waals surface area contributed by atoms with Crippen molar-refractivity contribution in [1.82, 2.24) is 9.97 Å². The van der Waals surface area contributed by atoms with Crippen molar-refractivity contribution in [3.63, 3.8) is 0 Å². The number of hydrogen-bond donors (Lipinski definition) is 1. The minimum atomic E-state index is -0.258. The average molecular weight is 288 g/mol. The van der Waals surface area contributed by atoms with E-state index in [9.17, 15) is 9.59 Å². The summed E-state index contributed by atoms with van der Waals surface area (Å²) in [4.78, 5) is 31.0. The van der Waals surface area contributed by atoms with Crippen molar-refractivity contribution >= 4 is 27.7 Å². The summed E-state index contributed by atoms with van der Waals surface area (Å²) < 4.78 is 5.17. The highest BCUT2D eigenvalue weighted by atomic mass is 79.9. The van der Waals surface area contributed by atoms with Gasteiger partial charge in [0.15, 0.2) is 5.82 Å². The molecule has 2 heterocycles. The van der Waals surface area contributed by atoms with Crippen LogP contribution < -0.4 is 10.5 Å². The van der Waals surface area contributed by atoms with E-state index in [-0.39, 0.29) is 17.4 Å². The standard InChI is InChI=1S/C9H10BrN3O3/c1-16-9(15)5-3-13(4-5)7-8(14)11-2-6(10)12-7/h2,5H,3-4H2,1H3,(H,11,14). The summed E-state index contributed by atoms with van der Waals surface area (Å²) in [7, 11) is 1.36. The first-order chi connectivity index (χ1) is 7.61. The first-order valence-electron chi connectivity index (χ1n) is 4.70. The number of methoxy groups -OCH3 is 1. The van der Waals surface area contributed by atoms with Crippen molar-refractivity contribution in [2.24, 2.45) is 5.92 Å². The molecule has 16 heavy (non-hydrogen) atoms. The number of halogens is 1. The zero-order chi connectivity index (χ0) is 11.7. The van der Waals surface area contributed by atoms with Gasteiger partial charge in [0.1, 0.15) is 4.60 Å². The van der Waals surface area contributed by atoms with E-state index >= 15 is 0 Å². The zero-order valence-electron chi connectivity index (χ0n) is 8.57. The molecule has 0 aromatic carbocycles. The molecule has 7 heteroatoms. The second-order valence-corrected chi connectivity index (χ2v) is 4.31. The van der Waals surface area contributed by atoms with Gasteiger partial charge in [-0.1, -0.05) is 0 Å². The van der Waals surface area contributed by atoms with E-state index in [0.29, 0.717) is 23.5 Å². The van der Waals surface area contributed by atoms with Crippen molar-refractivity contribution < 1.29 is 9.53 Å². The highest BCUT2D eigenvalue weighted by Crippen LogP contribution is 2.21. The summed E-state index contributed by atoms with van der Waals surface area (Å²) in [5, 5.41) is 0. The van der Waals surface area contributed by atoms with Crippen LogP contribution in [0.4, 0.5) is 5.82 Å². The number of ether oxygens (including phenoxy) is 1. The summed E-state index contributed by atoms with van der Waals surface area (Å²) in [6.45, 7) is 0.943. The Hall–Kier alpha value is -1.37. The fraction of sp³-hybridized carbons (Fsp3) is 0.444. The van der Waals surface area contributed by atoms with E-state index in [1.165, 1.54) is 13.3 Å². The minimum absolute atomic E-state index is 0.162. The van der Waals surface area contributed by atoms with Crippen molar-refractivity contribution in [3.8, 4) is 0 Å². The van der Waals surface area contributed by atoms with Gasteiger partial charge >= 0.3 is 5.97 Å². The monoisotopic (exact) mass is 287 g/mol. The second-order valence-electron chi connectivity index (χ2n) is 3.50. The van der Waals surface area contributed by atoms with E-state index in [0.717, 1.165) is 0 Å². The SMILES string of the molecule is COC(=O)C1CN(c2nc(Br)c[nH]c2=O)C1. The van der Waals surface area contributed by atoms with Crippen LogP contribution in [-0.4, -0.2) is 36.1 Å². The van der Waals surface area contributed by atoms with Gasteiger partial charge in [-0.25, -0.2) is 4.98 Å². The lowest BCUT2D eigenvalue weighted by atomic mass is 10.0. The van der Waals surface area contributed by atoms with Crippen LogP contribution in [0, 0.1) is 5.92 Å². The fourth-order valence-electron chi connectivity index (χ4n) is 1.56. The molecular weight excluding hydrogens is 278 g/mol. The van der Waals surface area contributed by atoms with E-state index in [1.54, 1.807) is 4.90 Å².